The van der Waals surface area contributed by atoms with Gasteiger partial charge in [0.1, 0.15) is 11.5 Å². The molecule has 3 aromatic carbocycles. The van der Waals surface area contributed by atoms with Gasteiger partial charge in [0, 0.05) is 29.7 Å². The highest BCUT2D eigenvalue weighted by Gasteiger charge is 2.12. The summed E-state index contributed by atoms with van der Waals surface area (Å²) in [4.78, 5) is 36.0. The fourth-order valence-corrected chi connectivity index (χ4v) is 3.30. The van der Waals surface area contributed by atoms with Gasteiger partial charge in [-0.3, -0.25) is 14.4 Å². The van der Waals surface area contributed by atoms with Crippen LogP contribution in [0.15, 0.2) is 66.7 Å². The molecule has 170 valence electrons. The molecule has 0 unspecified atom stereocenters. The number of nitrogens with one attached hydrogen (secondary N) is 2. The number of benzene rings is 3. The lowest BCUT2D eigenvalue weighted by Gasteiger charge is -2.13. The van der Waals surface area contributed by atoms with E-state index < -0.39 is 5.97 Å². The van der Waals surface area contributed by atoms with Gasteiger partial charge in [-0.05, 0) is 48.0 Å². The summed E-state index contributed by atoms with van der Waals surface area (Å²) in [5.74, 6) is -0.605. The minimum atomic E-state index is -0.476. The first-order valence-electron chi connectivity index (χ1n) is 9.84. The molecular formula is C24H20Cl2N2O5. The topological polar surface area (TPSA) is 93.7 Å². The third kappa shape index (κ3) is 7.24. The van der Waals surface area contributed by atoms with Crippen molar-refractivity contribution in [1.29, 1.82) is 0 Å². The van der Waals surface area contributed by atoms with Crippen molar-refractivity contribution in [2.45, 2.75) is 13.5 Å². The van der Waals surface area contributed by atoms with Gasteiger partial charge in [-0.2, -0.15) is 0 Å². The Morgan fingerprint density at radius 1 is 0.939 bits per heavy atom. The summed E-state index contributed by atoms with van der Waals surface area (Å²) in [6.45, 7) is 1.21. The number of carbonyl (C=O) groups excluding carboxylic acids is 3. The smallest absolute Gasteiger partial charge is 0.308 e. The van der Waals surface area contributed by atoms with Crippen LogP contribution >= 0.6 is 23.2 Å². The van der Waals surface area contributed by atoms with Gasteiger partial charge in [0.05, 0.1) is 5.02 Å². The zero-order valence-electron chi connectivity index (χ0n) is 17.6. The number of esters is 1. The van der Waals surface area contributed by atoms with Crippen molar-refractivity contribution in [2.24, 2.45) is 0 Å². The Labute approximate surface area is 200 Å². The average molecular weight is 487 g/mol. The maximum atomic E-state index is 12.7. The van der Waals surface area contributed by atoms with Crippen LogP contribution in [-0.2, 0) is 16.1 Å². The van der Waals surface area contributed by atoms with E-state index in [1.54, 1.807) is 54.6 Å². The second-order valence-corrected chi connectivity index (χ2v) is 7.72. The van der Waals surface area contributed by atoms with Gasteiger partial charge >= 0.3 is 5.97 Å². The van der Waals surface area contributed by atoms with Crippen molar-refractivity contribution in [3.05, 3.63) is 87.9 Å². The lowest BCUT2D eigenvalue weighted by atomic mass is 10.1. The minimum Gasteiger partial charge on any atom is -0.482 e. The molecule has 2 amide bonds. The van der Waals surface area contributed by atoms with E-state index in [1.807, 2.05) is 0 Å². The summed E-state index contributed by atoms with van der Waals surface area (Å²) in [5.41, 5.74) is 1.54. The Kier molecular flexibility index (Phi) is 8.29. The molecule has 9 heteroatoms. The van der Waals surface area contributed by atoms with Crippen LogP contribution in [0.25, 0.3) is 0 Å². The number of rotatable bonds is 8. The fraction of sp³-hybridized carbons (Fsp3) is 0.125. The molecule has 0 aliphatic rings. The highest BCUT2D eigenvalue weighted by molar-refractivity contribution is 6.35. The maximum Gasteiger partial charge on any atom is 0.308 e. The minimum absolute atomic E-state index is 0.167. The lowest BCUT2D eigenvalue weighted by Crippen LogP contribution is -2.29. The van der Waals surface area contributed by atoms with Crippen LogP contribution in [0.3, 0.4) is 0 Å². The van der Waals surface area contributed by atoms with E-state index in [0.29, 0.717) is 32.6 Å². The largest absolute Gasteiger partial charge is 0.482 e. The zero-order chi connectivity index (χ0) is 23.8. The van der Waals surface area contributed by atoms with Crippen molar-refractivity contribution in [2.75, 3.05) is 11.9 Å². The van der Waals surface area contributed by atoms with E-state index >= 15 is 0 Å². The van der Waals surface area contributed by atoms with Crippen LogP contribution in [0.4, 0.5) is 5.69 Å². The second-order valence-electron chi connectivity index (χ2n) is 6.87. The van der Waals surface area contributed by atoms with Gasteiger partial charge in [0.25, 0.3) is 11.8 Å². The van der Waals surface area contributed by atoms with Crippen molar-refractivity contribution in [3.63, 3.8) is 0 Å². The van der Waals surface area contributed by atoms with Crippen LogP contribution < -0.4 is 20.1 Å². The van der Waals surface area contributed by atoms with Gasteiger partial charge in [-0.25, -0.2) is 0 Å². The SMILES string of the molecule is CC(=O)Oc1cccc(C(=O)Nc2ccccc2CNC(=O)COc2ccc(Cl)cc2Cl)c1. The molecule has 33 heavy (non-hydrogen) atoms. The van der Waals surface area contributed by atoms with E-state index in [0.717, 1.165) is 0 Å². The molecule has 0 aromatic heterocycles. The first kappa shape index (κ1) is 24.1. The summed E-state index contributed by atoms with van der Waals surface area (Å²) < 4.78 is 10.4. The molecule has 0 bridgehead atoms. The average Bonchev–Trinajstić information content (AvgIpc) is 2.77. The molecule has 0 saturated heterocycles. The lowest BCUT2D eigenvalue weighted by molar-refractivity contribution is -0.131. The van der Waals surface area contributed by atoms with Gasteiger partial charge in [-0.15, -0.1) is 0 Å². The monoisotopic (exact) mass is 486 g/mol. The number of amides is 2. The van der Waals surface area contributed by atoms with Crippen LogP contribution in [0.1, 0.15) is 22.8 Å². The predicted octanol–water partition coefficient (Wildman–Crippen LogP) is 4.87. The fourth-order valence-electron chi connectivity index (χ4n) is 2.84. The Morgan fingerprint density at radius 2 is 1.73 bits per heavy atom. The van der Waals surface area contributed by atoms with Gasteiger partial charge in [-0.1, -0.05) is 47.5 Å². The number of hydrogen-bond donors (Lipinski definition) is 2. The van der Waals surface area contributed by atoms with Gasteiger partial charge in [0.2, 0.25) is 0 Å². The first-order valence-corrected chi connectivity index (χ1v) is 10.6. The van der Waals surface area contributed by atoms with Gasteiger partial charge < -0.3 is 20.1 Å². The first-order chi connectivity index (χ1) is 15.8. The molecule has 3 rings (SSSR count). The Balaban J connectivity index is 1.59. The molecule has 0 radical (unpaired) electrons. The van der Waals surface area contributed by atoms with E-state index in [4.69, 9.17) is 32.7 Å². The van der Waals surface area contributed by atoms with Crippen molar-refractivity contribution < 1.29 is 23.9 Å². The Morgan fingerprint density at radius 3 is 2.48 bits per heavy atom. The molecule has 0 aliphatic carbocycles. The van der Waals surface area contributed by atoms with Crippen LogP contribution in [0, 0.1) is 0 Å². The third-order valence-electron chi connectivity index (χ3n) is 4.35. The highest BCUT2D eigenvalue weighted by atomic mass is 35.5. The highest BCUT2D eigenvalue weighted by Crippen LogP contribution is 2.27. The van der Waals surface area contributed by atoms with Crippen molar-refractivity contribution in [1.82, 2.24) is 5.32 Å². The molecule has 0 atom stereocenters. The summed E-state index contributed by atoms with van der Waals surface area (Å²) >= 11 is 11.9. The molecule has 2 N–H and O–H groups in total. The molecule has 0 saturated carbocycles. The molecule has 0 spiro atoms. The normalized spacial score (nSPS) is 10.3. The maximum absolute atomic E-state index is 12.7. The number of para-hydroxylation sites is 1. The van der Waals surface area contributed by atoms with Crippen molar-refractivity contribution in [3.8, 4) is 11.5 Å². The molecule has 0 heterocycles. The molecular weight excluding hydrogens is 467 g/mol. The van der Waals surface area contributed by atoms with Crippen LogP contribution in [0.2, 0.25) is 10.0 Å². The number of halogens is 2. The summed E-state index contributed by atoms with van der Waals surface area (Å²) in [6, 6.07) is 18.1. The van der Waals surface area contributed by atoms with E-state index in [2.05, 4.69) is 10.6 Å². The second kappa shape index (κ2) is 11.4. The van der Waals surface area contributed by atoms with E-state index in [1.165, 1.54) is 19.1 Å². The summed E-state index contributed by atoms with van der Waals surface area (Å²) in [7, 11) is 0. The van der Waals surface area contributed by atoms with E-state index in [-0.39, 0.29) is 30.7 Å². The van der Waals surface area contributed by atoms with Crippen LogP contribution in [0.5, 0.6) is 11.5 Å². The molecule has 0 fully saturated rings. The number of anilines is 1. The van der Waals surface area contributed by atoms with Gasteiger partial charge in [0.15, 0.2) is 6.61 Å². The standard InChI is InChI=1S/C24H20Cl2N2O5/c1-15(29)33-19-7-4-6-16(11-19)24(31)28-21-8-3-2-5-17(21)13-27-23(30)14-32-22-10-9-18(25)12-20(22)26/h2-12H,13-14H2,1H3,(H,27,30)(H,28,31). The molecule has 0 aliphatic heterocycles. The summed E-state index contributed by atoms with van der Waals surface area (Å²) in [5, 5.41) is 6.32. The number of carbonyl (C=O) groups is 3. The Bertz CT molecular complexity index is 1180. The quantitative estimate of drug-likeness (QED) is 0.350. The zero-order valence-corrected chi connectivity index (χ0v) is 19.1. The van der Waals surface area contributed by atoms with Crippen molar-refractivity contribution >= 4 is 46.7 Å². The van der Waals surface area contributed by atoms with E-state index in [9.17, 15) is 14.4 Å². The Hall–Kier alpha value is -3.55. The predicted molar refractivity (Wildman–Crippen MR) is 126 cm³/mol. The number of ether oxygens (including phenoxy) is 2. The molecule has 3 aromatic rings. The molecule has 7 nitrogen and oxygen atoms in total. The van der Waals surface area contributed by atoms with Crippen LogP contribution in [-0.4, -0.2) is 24.4 Å². The third-order valence-corrected chi connectivity index (χ3v) is 4.88. The summed E-state index contributed by atoms with van der Waals surface area (Å²) in [6.07, 6.45) is 0. The number of hydrogen-bond acceptors (Lipinski definition) is 5.